The molecule has 1 atom stereocenters. The van der Waals surface area contributed by atoms with Crippen molar-refractivity contribution in [3.8, 4) is 0 Å². The summed E-state index contributed by atoms with van der Waals surface area (Å²) < 4.78 is 12.3. The maximum atomic E-state index is 6.18. The summed E-state index contributed by atoms with van der Waals surface area (Å²) in [6, 6.07) is 0. The molecular weight excluding hydrogens is 432 g/mol. The van der Waals surface area contributed by atoms with Crippen LogP contribution in [0.3, 0.4) is 0 Å². The van der Waals surface area contributed by atoms with Gasteiger partial charge in [0.25, 0.3) is 0 Å². The van der Waals surface area contributed by atoms with Gasteiger partial charge in [0.1, 0.15) is 0 Å². The number of rotatable bonds is 29. The second-order valence-corrected chi connectivity index (χ2v) is 13.7. The molecule has 0 N–H and O–H groups in total. The molecule has 2 nitrogen and oxygen atoms in total. The van der Waals surface area contributed by atoms with Crippen molar-refractivity contribution in [1.29, 1.82) is 0 Å². The fourth-order valence-electron chi connectivity index (χ4n) is 4.60. The monoisotopic (exact) mass is 496 g/mol. The molecule has 0 spiro atoms. The predicted molar refractivity (Wildman–Crippen MR) is 156 cm³/mol. The van der Waals surface area contributed by atoms with E-state index in [1.165, 1.54) is 141 Å². The molecule has 0 aliphatic heterocycles. The average molecular weight is 497 g/mol. The van der Waals surface area contributed by atoms with Gasteiger partial charge in [0.15, 0.2) is 0 Å². The lowest BCUT2D eigenvalue weighted by atomic mass is 10.0. The van der Waals surface area contributed by atoms with E-state index in [-0.39, 0.29) is 0 Å². The van der Waals surface area contributed by atoms with Crippen LogP contribution in [0.2, 0.25) is 6.55 Å². The summed E-state index contributed by atoms with van der Waals surface area (Å²) in [7, 11) is -2.16. The Morgan fingerprint density at radius 1 is 0.441 bits per heavy atom. The van der Waals surface area contributed by atoms with Crippen LogP contribution in [0, 0.1) is 0 Å². The second-order valence-electron chi connectivity index (χ2n) is 10.7. The zero-order valence-corrected chi connectivity index (χ0v) is 25.0. The van der Waals surface area contributed by atoms with Crippen LogP contribution in [0.1, 0.15) is 168 Å². The molecule has 0 bridgehead atoms. The fourth-order valence-corrected chi connectivity index (χ4v) is 6.01. The minimum atomic E-state index is -2.16. The average Bonchev–Trinajstić information content (AvgIpc) is 2.85. The van der Waals surface area contributed by atoms with E-state index in [1.54, 1.807) is 0 Å². The Labute approximate surface area is 217 Å². The summed E-state index contributed by atoms with van der Waals surface area (Å²) in [5.41, 5.74) is 1.97. The summed E-state index contributed by atoms with van der Waals surface area (Å²) in [6.45, 7) is 12.4. The van der Waals surface area contributed by atoms with Crippen LogP contribution in [-0.2, 0) is 8.85 Å². The van der Waals surface area contributed by atoms with Crippen LogP contribution in [0.25, 0.3) is 0 Å². The van der Waals surface area contributed by atoms with Crippen LogP contribution in [0.5, 0.6) is 0 Å². The smallest absolute Gasteiger partial charge is 0.361 e. The van der Waals surface area contributed by atoms with Crippen LogP contribution >= 0.6 is 0 Å². The highest BCUT2D eigenvalue weighted by molar-refractivity contribution is 6.71. The molecule has 0 fully saturated rings. The molecule has 0 heterocycles. The fraction of sp³-hybridized carbons (Fsp3) is 0.935. The van der Waals surface area contributed by atoms with E-state index >= 15 is 0 Å². The van der Waals surface area contributed by atoms with E-state index in [1.807, 2.05) is 5.70 Å². The van der Waals surface area contributed by atoms with E-state index in [2.05, 4.69) is 27.0 Å². The zero-order valence-electron chi connectivity index (χ0n) is 24.0. The van der Waals surface area contributed by atoms with Gasteiger partial charge in [-0.15, -0.1) is 6.58 Å². The normalized spacial score (nSPS) is 13.3. The highest BCUT2D eigenvalue weighted by Crippen LogP contribution is 2.15. The molecule has 34 heavy (non-hydrogen) atoms. The molecule has 204 valence electrons. The van der Waals surface area contributed by atoms with Gasteiger partial charge in [-0.2, -0.15) is 0 Å². The Bertz CT molecular complexity index is 401. The molecule has 3 heteroatoms. The van der Waals surface area contributed by atoms with Gasteiger partial charge in [0.05, 0.1) is 0 Å². The maximum Gasteiger partial charge on any atom is 0.361 e. The molecule has 0 saturated carbocycles. The molecule has 0 aromatic rings. The second kappa shape index (κ2) is 27.5. The SMILES string of the molecule is C=C[Si](C)(OCCCCCCCCCCCC)OCCCCCCCCCCCCCCCC. The zero-order chi connectivity index (χ0) is 25.0. The van der Waals surface area contributed by atoms with E-state index in [0.717, 1.165) is 26.1 Å². The summed E-state index contributed by atoms with van der Waals surface area (Å²) in [6.07, 6.45) is 33.1. The van der Waals surface area contributed by atoms with Gasteiger partial charge in [0.2, 0.25) is 0 Å². The van der Waals surface area contributed by atoms with Crippen molar-refractivity contribution in [1.82, 2.24) is 0 Å². The van der Waals surface area contributed by atoms with Crippen LogP contribution in [0.4, 0.5) is 0 Å². The largest absolute Gasteiger partial charge is 0.391 e. The van der Waals surface area contributed by atoms with Crippen molar-refractivity contribution < 1.29 is 8.85 Å². The van der Waals surface area contributed by atoms with Gasteiger partial charge >= 0.3 is 8.56 Å². The van der Waals surface area contributed by atoms with Crippen LogP contribution in [0.15, 0.2) is 12.3 Å². The quantitative estimate of drug-likeness (QED) is 0.0757. The van der Waals surface area contributed by atoms with Crippen molar-refractivity contribution >= 4 is 8.56 Å². The van der Waals surface area contributed by atoms with Gasteiger partial charge < -0.3 is 8.85 Å². The van der Waals surface area contributed by atoms with E-state index < -0.39 is 8.56 Å². The number of hydrogen-bond acceptors (Lipinski definition) is 2. The van der Waals surface area contributed by atoms with Gasteiger partial charge in [-0.25, -0.2) is 0 Å². The maximum absolute atomic E-state index is 6.18. The summed E-state index contributed by atoms with van der Waals surface area (Å²) in [4.78, 5) is 0. The Balaban J connectivity index is 3.42. The molecule has 0 aromatic heterocycles. The van der Waals surface area contributed by atoms with Crippen molar-refractivity contribution in [2.75, 3.05) is 13.2 Å². The molecule has 0 rings (SSSR count). The highest BCUT2D eigenvalue weighted by Gasteiger charge is 2.26. The van der Waals surface area contributed by atoms with Crippen molar-refractivity contribution in [2.45, 2.75) is 174 Å². The minimum Gasteiger partial charge on any atom is -0.391 e. The molecule has 0 aliphatic carbocycles. The molecule has 0 radical (unpaired) electrons. The van der Waals surface area contributed by atoms with E-state index in [9.17, 15) is 0 Å². The third kappa shape index (κ3) is 25.0. The number of hydrogen-bond donors (Lipinski definition) is 0. The van der Waals surface area contributed by atoms with E-state index in [0.29, 0.717) is 0 Å². The summed E-state index contributed by atoms with van der Waals surface area (Å²) >= 11 is 0. The predicted octanol–water partition coefficient (Wildman–Crippen LogP) is 11.2. The summed E-state index contributed by atoms with van der Waals surface area (Å²) in [5, 5.41) is 0. The van der Waals surface area contributed by atoms with Crippen LogP contribution < -0.4 is 0 Å². The third-order valence-electron chi connectivity index (χ3n) is 7.14. The topological polar surface area (TPSA) is 18.5 Å². The van der Waals surface area contributed by atoms with Gasteiger partial charge in [0, 0.05) is 13.2 Å². The van der Waals surface area contributed by atoms with Gasteiger partial charge in [-0.1, -0.05) is 155 Å². The first kappa shape index (κ1) is 33.9. The number of unbranched alkanes of at least 4 members (excludes halogenated alkanes) is 22. The van der Waals surface area contributed by atoms with Crippen molar-refractivity contribution in [3.05, 3.63) is 12.3 Å². The lowest BCUT2D eigenvalue weighted by molar-refractivity contribution is 0.177. The van der Waals surface area contributed by atoms with Crippen molar-refractivity contribution in [2.24, 2.45) is 0 Å². The molecule has 0 amide bonds. The van der Waals surface area contributed by atoms with Gasteiger partial charge in [-0.05, 0) is 25.1 Å². The lowest BCUT2D eigenvalue weighted by Crippen LogP contribution is -2.37. The lowest BCUT2D eigenvalue weighted by Gasteiger charge is -2.23. The molecule has 0 aromatic carbocycles. The van der Waals surface area contributed by atoms with Crippen LogP contribution in [-0.4, -0.2) is 21.8 Å². The Morgan fingerprint density at radius 3 is 0.912 bits per heavy atom. The molecule has 1 unspecified atom stereocenters. The first-order valence-electron chi connectivity index (χ1n) is 15.6. The third-order valence-corrected chi connectivity index (χ3v) is 9.44. The van der Waals surface area contributed by atoms with Crippen molar-refractivity contribution in [3.63, 3.8) is 0 Å². The Hall–Kier alpha value is -0.123. The minimum absolute atomic E-state index is 0.837. The molecular formula is C31H64O2Si. The Morgan fingerprint density at radius 2 is 0.676 bits per heavy atom. The standard InChI is InChI=1S/C31H64O2Si/c1-5-8-10-12-14-16-18-19-20-21-23-25-27-29-31-33-34(4,7-3)32-30-28-26-24-22-17-15-13-11-9-6-2/h7H,3,5-6,8-31H2,1-2,4H3. The highest BCUT2D eigenvalue weighted by atomic mass is 28.4. The molecule has 0 saturated heterocycles. The first-order chi connectivity index (χ1) is 16.7. The van der Waals surface area contributed by atoms with Gasteiger partial charge in [-0.3, -0.25) is 0 Å². The first-order valence-corrected chi connectivity index (χ1v) is 18.0. The van der Waals surface area contributed by atoms with E-state index in [4.69, 9.17) is 8.85 Å². The Kier molecular flexibility index (Phi) is 27.4. The summed E-state index contributed by atoms with van der Waals surface area (Å²) in [5.74, 6) is 0. The molecule has 0 aliphatic rings.